The van der Waals surface area contributed by atoms with Gasteiger partial charge in [-0.3, -0.25) is 4.79 Å². The molecule has 2 heterocycles. The maximum Gasteiger partial charge on any atom is 0.266 e. The number of rotatable bonds is 3. The molecule has 0 aliphatic rings. The summed E-state index contributed by atoms with van der Waals surface area (Å²) in [5.74, 6) is 0.194. The van der Waals surface area contributed by atoms with Crippen LogP contribution in [0.15, 0.2) is 52.6 Å². The van der Waals surface area contributed by atoms with Crippen LogP contribution in [0.25, 0.3) is 32.1 Å². The average Bonchev–Trinajstić information content (AvgIpc) is 3.12. The van der Waals surface area contributed by atoms with Gasteiger partial charge in [-0.25, -0.2) is 0 Å². The summed E-state index contributed by atoms with van der Waals surface area (Å²) in [5, 5.41) is 14.2. The Morgan fingerprint density at radius 3 is 2.58 bits per heavy atom. The third kappa shape index (κ3) is 2.88. The molecule has 2 aromatic carbocycles. The van der Waals surface area contributed by atoms with Crippen molar-refractivity contribution in [2.75, 3.05) is 0 Å². The van der Waals surface area contributed by atoms with Crippen molar-refractivity contribution in [3.05, 3.63) is 63.8 Å². The number of phenolic OH excluding ortho intramolecular Hbond substituents is 1. The van der Waals surface area contributed by atoms with Crippen molar-refractivity contribution in [1.29, 1.82) is 0 Å². The van der Waals surface area contributed by atoms with Gasteiger partial charge in [0.15, 0.2) is 0 Å². The molecular formula is C20H19ClN2O2S. The first-order valence-electron chi connectivity index (χ1n) is 8.21. The van der Waals surface area contributed by atoms with Gasteiger partial charge in [0.2, 0.25) is 0 Å². The van der Waals surface area contributed by atoms with Crippen LogP contribution in [0, 0.1) is 0 Å². The van der Waals surface area contributed by atoms with E-state index in [2.05, 4.69) is 11.9 Å². The highest BCUT2D eigenvalue weighted by Crippen LogP contribution is 2.39. The molecule has 0 saturated carbocycles. The van der Waals surface area contributed by atoms with Crippen LogP contribution in [0.3, 0.4) is 0 Å². The van der Waals surface area contributed by atoms with Crippen molar-refractivity contribution >= 4 is 44.7 Å². The molecule has 0 amide bonds. The van der Waals surface area contributed by atoms with Crippen molar-refractivity contribution in [2.24, 2.45) is 5.73 Å². The van der Waals surface area contributed by atoms with Gasteiger partial charge in [-0.05, 0) is 41.1 Å². The number of halogens is 1. The number of hydrogen-bond acceptors (Lipinski definition) is 4. The van der Waals surface area contributed by atoms with E-state index in [0.29, 0.717) is 4.70 Å². The van der Waals surface area contributed by atoms with Crippen LogP contribution in [-0.4, -0.2) is 10.1 Å². The molecule has 1 atom stereocenters. The fourth-order valence-electron chi connectivity index (χ4n) is 3.26. The summed E-state index contributed by atoms with van der Waals surface area (Å²) in [6.45, 7) is 2.05. The SMILES string of the molecule is CCC(N)c1ccc(-c2c(O)ccc3[nH]c(=O)c4sccc4c23)cc1.Cl. The zero-order chi connectivity index (χ0) is 17.6. The number of fused-ring (bicyclic) bond motifs is 3. The number of nitrogens with two attached hydrogens (primary N) is 1. The molecule has 26 heavy (non-hydrogen) atoms. The van der Waals surface area contributed by atoms with Crippen molar-refractivity contribution in [2.45, 2.75) is 19.4 Å². The van der Waals surface area contributed by atoms with E-state index in [1.165, 1.54) is 11.3 Å². The van der Waals surface area contributed by atoms with Gasteiger partial charge in [0, 0.05) is 27.9 Å². The lowest BCUT2D eigenvalue weighted by atomic mass is 9.95. The van der Waals surface area contributed by atoms with Gasteiger partial charge in [0.1, 0.15) is 10.4 Å². The van der Waals surface area contributed by atoms with E-state index >= 15 is 0 Å². The highest BCUT2D eigenvalue weighted by atomic mass is 35.5. The molecule has 0 bridgehead atoms. The molecule has 0 aliphatic carbocycles. The Kier molecular flexibility index (Phi) is 5.05. The fourth-order valence-corrected chi connectivity index (χ4v) is 4.06. The molecule has 6 heteroatoms. The minimum absolute atomic E-state index is 0. The highest BCUT2D eigenvalue weighted by Gasteiger charge is 2.15. The van der Waals surface area contributed by atoms with Gasteiger partial charge in [-0.2, -0.15) is 0 Å². The Morgan fingerprint density at radius 1 is 1.15 bits per heavy atom. The lowest BCUT2D eigenvalue weighted by Gasteiger charge is -2.13. The first kappa shape index (κ1) is 18.5. The quantitative estimate of drug-likeness (QED) is 0.466. The van der Waals surface area contributed by atoms with Crippen molar-refractivity contribution < 1.29 is 5.11 Å². The zero-order valence-corrected chi connectivity index (χ0v) is 15.8. The first-order valence-corrected chi connectivity index (χ1v) is 9.09. The standard InChI is InChI=1S/C20H18N2O2S.ClH/c1-2-14(21)11-3-5-12(6-4-11)17-16(23)8-7-15-18(17)13-9-10-25-19(13)20(24)22-15;/h3-10,14,23H,2,21H2,1H3,(H,22,24);1H. The predicted octanol–water partition coefficient (Wildman–Crippen LogP) is 4.95. The number of benzene rings is 2. The topological polar surface area (TPSA) is 79.1 Å². The van der Waals surface area contributed by atoms with Gasteiger partial charge >= 0.3 is 0 Å². The number of H-pyrrole nitrogens is 1. The maximum absolute atomic E-state index is 12.2. The molecule has 4 aromatic rings. The van der Waals surface area contributed by atoms with Crippen molar-refractivity contribution in [3.8, 4) is 16.9 Å². The predicted molar refractivity (Wildman–Crippen MR) is 112 cm³/mol. The van der Waals surface area contributed by atoms with Gasteiger partial charge < -0.3 is 15.8 Å². The van der Waals surface area contributed by atoms with Crippen LogP contribution in [0.4, 0.5) is 0 Å². The highest BCUT2D eigenvalue weighted by molar-refractivity contribution is 7.17. The number of phenols is 1. The molecule has 134 valence electrons. The average molecular weight is 387 g/mol. The Balaban J connectivity index is 0.00000196. The van der Waals surface area contributed by atoms with E-state index in [0.717, 1.165) is 39.4 Å². The molecule has 0 saturated heterocycles. The van der Waals surface area contributed by atoms with Crippen LogP contribution in [-0.2, 0) is 0 Å². The molecule has 2 aromatic heterocycles. The van der Waals surface area contributed by atoms with E-state index < -0.39 is 0 Å². The Hall–Kier alpha value is -2.34. The van der Waals surface area contributed by atoms with Crippen LogP contribution >= 0.6 is 23.7 Å². The number of aromatic hydroxyl groups is 1. The van der Waals surface area contributed by atoms with Crippen molar-refractivity contribution in [3.63, 3.8) is 0 Å². The lowest BCUT2D eigenvalue weighted by molar-refractivity contribution is 0.478. The van der Waals surface area contributed by atoms with Crippen molar-refractivity contribution in [1.82, 2.24) is 4.98 Å². The smallest absolute Gasteiger partial charge is 0.266 e. The molecule has 0 aliphatic heterocycles. The molecule has 4 nitrogen and oxygen atoms in total. The number of pyridine rings is 1. The molecule has 4 rings (SSSR count). The van der Waals surface area contributed by atoms with Gasteiger partial charge in [-0.15, -0.1) is 23.7 Å². The molecular weight excluding hydrogens is 368 g/mol. The largest absolute Gasteiger partial charge is 0.507 e. The van der Waals surface area contributed by atoms with Crippen LogP contribution < -0.4 is 11.3 Å². The summed E-state index contributed by atoms with van der Waals surface area (Å²) in [4.78, 5) is 15.1. The number of nitrogens with one attached hydrogen (secondary N) is 1. The normalized spacial score (nSPS) is 12.2. The van der Waals surface area contributed by atoms with Gasteiger partial charge in [0.25, 0.3) is 5.56 Å². The van der Waals surface area contributed by atoms with Crippen LogP contribution in [0.5, 0.6) is 5.75 Å². The van der Waals surface area contributed by atoms with Crippen LogP contribution in [0.2, 0.25) is 0 Å². The Morgan fingerprint density at radius 2 is 1.88 bits per heavy atom. The minimum Gasteiger partial charge on any atom is -0.507 e. The summed E-state index contributed by atoms with van der Waals surface area (Å²) in [7, 11) is 0. The molecule has 1 unspecified atom stereocenters. The van der Waals surface area contributed by atoms with E-state index in [1.807, 2.05) is 35.7 Å². The maximum atomic E-state index is 12.2. The fraction of sp³-hybridized carbons (Fsp3) is 0.150. The second kappa shape index (κ2) is 7.11. The van der Waals surface area contributed by atoms with Crippen LogP contribution in [0.1, 0.15) is 24.9 Å². The summed E-state index contributed by atoms with van der Waals surface area (Å²) in [6, 6.07) is 13.3. The van der Waals surface area contributed by atoms with Gasteiger partial charge in [-0.1, -0.05) is 31.2 Å². The Bertz CT molecular complexity index is 1130. The molecule has 0 radical (unpaired) electrons. The number of aromatic amines is 1. The third-order valence-electron chi connectivity index (χ3n) is 4.64. The summed E-state index contributed by atoms with van der Waals surface area (Å²) in [6.07, 6.45) is 0.871. The summed E-state index contributed by atoms with van der Waals surface area (Å²) in [5.41, 5.74) is 9.41. The molecule has 0 spiro atoms. The van der Waals surface area contributed by atoms with E-state index in [-0.39, 0.29) is 29.8 Å². The second-order valence-electron chi connectivity index (χ2n) is 6.14. The molecule has 4 N–H and O–H groups in total. The van der Waals surface area contributed by atoms with E-state index in [4.69, 9.17) is 5.73 Å². The Labute approximate surface area is 160 Å². The lowest BCUT2D eigenvalue weighted by Crippen LogP contribution is -2.08. The van der Waals surface area contributed by atoms with E-state index in [1.54, 1.807) is 12.1 Å². The summed E-state index contributed by atoms with van der Waals surface area (Å²) >= 11 is 1.41. The van der Waals surface area contributed by atoms with E-state index in [9.17, 15) is 9.90 Å². The third-order valence-corrected chi connectivity index (χ3v) is 5.55. The monoisotopic (exact) mass is 386 g/mol. The minimum atomic E-state index is -0.0987. The molecule has 0 fully saturated rings. The zero-order valence-electron chi connectivity index (χ0n) is 14.2. The summed E-state index contributed by atoms with van der Waals surface area (Å²) < 4.78 is 0.670. The van der Waals surface area contributed by atoms with Gasteiger partial charge in [0.05, 0.1) is 0 Å². The number of aromatic nitrogens is 1. The number of thiophene rings is 1. The first-order chi connectivity index (χ1) is 12.1. The number of hydrogen-bond donors (Lipinski definition) is 3. The second-order valence-corrected chi connectivity index (χ2v) is 7.05.